The van der Waals surface area contributed by atoms with Gasteiger partial charge in [-0.15, -0.1) is 0 Å². The summed E-state index contributed by atoms with van der Waals surface area (Å²) in [5.74, 6) is -0.191. The van der Waals surface area contributed by atoms with Crippen molar-refractivity contribution in [2.75, 3.05) is 19.8 Å². The second kappa shape index (κ2) is 55.8. The molecule has 0 aliphatic carbocycles. The Bertz CT molecular complexity index is 1370. The molecule has 11 heteroatoms. The highest BCUT2D eigenvalue weighted by Crippen LogP contribution is 2.23. The number of unbranched alkanes of at least 4 members (excludes halogenated alkanes) is 39. The molecule has 1 saturated heterocycles. The van der Waals surface area contributed by atoms with Crippen LogP contribution in [0.5, 0.6) is 0 Å². The molecule has 0 bridgehead atoms. The number of rotatable bonds is 57. The maximum atomic E-state index is 13.0. The van der Waals surface area contributed by atoms with Crippen LogP contribution >= 0.6 is 0 Å². The van der Waals surface area contributed by atoms with E-state index in [2.05, 4.69) is 43.5 Å². The lowest BCUT2D eigenvalue weighted by atomic mass is 9.99. The van der Waals surface area contributed by atoms with E-state index in [1.165, 1.54) is 218 Å². The van der Waals surface area contributed by atoms with Gasteiger partial charge in [-0.05, 0) is 64.2 Å². The quantitative estimate of drug-likeness (QED) is 0.0195. The number of hydrogen-bond acceptors (Lipinski definition) is 10. The number of esters is 1. The van der Waals surface area contributed by atoms with E-state index in [0.29, 0.717) is 19.4 Å². The molecule has 6 N–H and O–H groups in total. The smallest absolute Gasteiger partial charge is 0.305 e. The summed E-state index contributed by atoms with van der Waals surface area (Å²) in [4.78, 5) is 25.1. The van der Waals surface area contributed by atoms with E-state index in [0.717, 1.165) is 64.2 Å². The minimum absolute atomic E-state index is 0.00918. The third kappa shape index (κ3) is 45.2. The number of aliphatic hydroxyl groups is 5. The Morgan fingerprint density at radius 3 is 1.32 bits per heavy atom. The van der Waals surface area contributed by atoms with Crippen molar-refractivity contribution in [2.24, 2.45) is 0 Å². The van der Waals surface area contributed by atoms with Gasteiger partial charge in [0.1, 0.15) is 24.4 Å². The molecule has 1 heterocycles. The predicted octanol–water partition coefficient (Wildman–Crippen LogP) is 15.8. The Morgan fingerprint density at radius 2 is 0.870 bits per heavy atom. The highest BCUT2D eigenvalue weighted by Gasteiger charge is 2.44. The van der Waals surface area contributed by atoms with E-state index >= 15 is 0 Å². The number of allylic oxidation sites excluding steroid dienone is 5. The summed E-state index contributed by atoms with van der Waals surface area (Å²) in [6.45, 7) is 4.31. The fourth-order valence-corrected chi connectivity index (χ4v) is 10.3. The molecule has 1 aliphatic heterocycles. The molecule has 0 saturated carbocycles. The van der Waals surface area contributed by atoms with Crippen LogP contribution in [0.25, 0.3) is 0 Å². The zero-order valence-electron chi connectivity index (χ0n) is 49.9. The lowest BCUT2D eigenvalue weighted by Crippen LogP contribution is -2.60. The van der Waals surface area contributed by atoms with Crippen molar-refractivity contribution in [2.45, 2.75) is 352 Å². The van der Waals surface area contributed by atoms with E-state index in [9.17, 15) is 35.1 Å². The Morgan fingerprint density at radius 1 is 0.481 bits per heavy atom. The minimum Gasteiger partial charge on any atom is -0.466 e. The van der Waals surface area contributed by atoms with Gasteiger partial charge in [0.15, 0.2) is 6.29 Å². The van der Waals surface area contributed by atoms with Gasteiger partial charge < -0.3 is 45.1 Å². The molecule has 77 heavy (non-hydrogen) atoms. The van der Waals surface area contributed by atoms with Crippen molar-refractivity contribution in [3.8, 4) is 0 Å². The maximum Gasteiger partial charge on any atom is 0.305 e. The van der Waals surface area contributed by atoms with E-state index in [1.54, 1.807) is 6.08 Å². The molecule has 0 aromatic carbocycles. The van der Waals surface area contributed by atoms with E-state index in [4.69, 9.17) is 14.2 Å². The number of carbonyl (C=O) groups excluding carboxylic acids is 2. The van der Waals surface area contributed by atoms with E-state index in [-0.39, 0.29) is 18.5 Å². The van der Waals surface area contributed by atoms with Gasteiger partial charge in [-0.25, -0.2) is 0 Å². The Kier molecular flexibility index (Phi) is 52.8. The summed E-state index contributed by atoms with van der Waals surface area (Å²) in [7, 11) is 0. The van der Waals surface area contributed by atoms with Crippen molar-refractivity contribution in [3.63, 3.8) is 0 Å². The monoisotopic (exact) mass is 1090 g/mol. The summed E-state index contributed by atoms with van der Waals surface area (Å²) in [6.07, 6.45) is 59.8. The fourth-order valence-electron chi connectivity index (χ4n) is 10.3. The highest BCUT2D eigenvalue weighted by atomic mass is 16.7. The fraction of sp³-hybridized carbons (Fsp3) is 0.879. The van der Waals surface area contributed by atoms with Gasteiger partial charge in [0.25, 0.3) is 0 Å². The second-order valence-electron chi connectivity index (χ2n) is 22.8. The minimum atomic E-state index is -1.57. The average Bonchev–Trinajstić information content (AvgIpc) is 3.43. The Hall–Kier alpha value is -2.12. The average molecular weight is 1090 g/mol. The number of hydrogen-bond donors (Lipinski definition) is 6. The Labute approximate surface area is 473 Å². The lowest BCUT2D eigenvalue weighted by Gasteiger charge is -2.40. The Balaban J connectivity index is 1.95. The van der Waals surface area contributed by atoms with Crippen molar-refractivity contribution < 1.29 is 49.3 Å². The number of ether oxygens (including phenoxy) is 3. The predicted molar refractivity (Wildman–Crippen MR) is 320 cm³/mol. The molecule has 0 radical (unpaired) electrons. The van der Waals surface area contributed by atoms with Crippen LogP contribution in [0.2, 0.25) is 0 Å². The number of amides is 1. The summed E-state index contributed by atoms with van der Waals surface area (Å²) < 4.78 is 16.7. The molecular formula is C66H123NO10. The van der Waals surface area contributed by atoms with Gasteiger partial charge in [-0.1, -0.05) is 269 Å². The molecule has 7 unspecified atom stereocenters. The molecule has 452 valence electrons. The van der Waals surface area contributed by atoms with Gasteiger partial charge in [0, 0.05) is 12.8 Å². The van der Waals surface area contributed by atoms with Crippen LogP contribution in [0.3, 0.4) is 0 Å². The van der Waals surface area contributed by atoms with Gasteiger partial charge in [-0.2, -0.15) is 0 Å². The first-order valence-electron chi connectivity index (χ1n) is 32.8. The normalized spacial score (nSPS) is 18.8. The molecule has 7 atom stereocenters. The lowest BCUT2D eigenvalue weighted by molar-refractivity contribution is -0.302. The number of nitrogens with one attached hydrogen (secondary N) is 1. The zero-order valence-corrected chi connectivity index (χ0v) is 49.9. The first-order valence-corrected chi connectivity index (χ1v) is 32.8. The third-order valence-electron chi connectivity index (χ3n) is 15.5. The standard InChI is InChI=1S/C66H123NO10/c1-3-5-7-9-11-13-14-15-16-28-31-34-38-42-46-50-54-62(71)75-55-51-47-43-39-35-32-29-26-24-22-20-18-17-19-21-23-25-27-30-33-37-41-45-49-53-61(70)67-58(59(69)52-48-44-40-36-12-10-8-6-4-2)57-76-66-65(74)64(73)63(72)60(56-68)77-66/h13-14,16,28,48,52,58-60,63-66,68-69,72-74H,3-12,15,17-27,29-47,49-51,53-57H2,1-2H3,(H,67,70)/b14-13-,28-16-,52-48+. The summed E-state index contributed by atoms with van der Waals surface area (Å²) in [6, 6.07) is -0.808. The van der Waals surface area contributed by atoms with Crippen LogP contribution < -0.4 is 5.32 Å². The van der Waals surface area contributed by atoms with Crippen LogP contribution in [-0.4, -0.2) is 100 Å². The van der Waals surface area contributed by atoms with Gasteiger partial charge in [0.2, 0.25) is 5.91 Å². The largest absolute Gasteiger partial charge is 0.466 e. The summed E-state index contributed by atoms with van der Waals surface area (Å²) in [5.41, 5.74) is 0. The molecule has 1 amide bonds. The number of aliphatic hydroxyl groups excluding tert-OH is 5. The summed E-state index contributed by atoms with van der Waals surface area (Å²) in [5, 5.41) is 54.2. The topological polar surface area (TPSA) is 175 Å². The molecule has 11 nitrogen and oxygen atoms in total. The molecular weight excluding hydrogens is 967 g/mol. The molecule has 0 aromatic rings. The van der Waals surface area contributed by atoms with Crippen LogP contribution in [-0.2, 0) is 23.8 Å². The van der Waals surface area contributed by atoms with Crippen LogP contribution in [0, 0.1) is 0 Å². The van der Waals surface area contributed by atoms with Crippen molar-refractivity contribution in [1.29, 1.82) is 0 Å². The van der Waals surface area contributed by atoms with Crippen LogP contribution in [0.15, 0.2) is 36.5 Å². The maximum absolute atomic E-state index is 13.0. The highest BCUT2D eigenvalue weighted by molar-refractivity contribution is 5.76. The molecule has 1 rings (SSSR count). The van der Waals surface area contributed by atoms with E-state index < -0.39 is 49.5 Å². The van der Waals surface area contributed by atoms with Gasteiger partial charge in [0.05, 0.1) is 32.0 Å². The molecule has 0 aromatic heterocycles. The molecule has 0 spiro atoms. The van der Waals surface area contributed by atoms with Crippen LogP contribution in [0.1, 0.15) is 309 Å². The van der Waals surface area contributed by atoms with E-state index in [1.807, 2.05) is 6.08 Å². The second-order valence-corrected chi connectivity index (χ2v) is 22.8. The third-order valence-corrected chi connectivity index (χ3v) is 15.5. The van der Waals surface area contributed by atoms with Gasteiger partial charge in [-0.3, -0.25) is 9.59 Å². The number of carbonyl (C=O) groups is 2. The molecule has 1 aliphatic rings. The van der Waals surface area contributed by atoms with Crippen molar-refractivity contribution in [3.05, 3.63) is 36.5 Å². The first-order chi connectivity index (χ1) is 37.7. The van der Waals surface area contributed by atoms with Gasteiger partial charge >= 0.3 is 5.97 Å². The first kappa shape index (κ1) is 72.9. The van der Waals surface area contributed by atoms with Crippen LogP contribution in [0.4, 0.5) is 0 Å². The zero-order chi connectivity index (χ0) is 55.9. The van der Waals surface area contributed by atoms with Crippen molar-refractivity contribution >= 4 is 11.9 Å². The SMILES string of the molecule is CCCCCC/C=C\C/C=C\CCCCCCCC(=O)OCCCCCCCCCCCCCCCCCCCCCCCCCCC(=O)NC(COC1OC(CO)C(O)C(O)C1O)C(O)/C=C/CCCCCCCCC. The molecule has 1 fully saturated rings. The summed E-state index contributed by atoms with van der Waals surface area (Å²) >= 11 is 0. The van der Waals surface area contributed by atoms with Crippen molar-refractivity contribution in [1.82, 2.24) is 5.32 Å².